The molecule has 1 heterocycles. The Balaban J connectivity index is 1.87. The molecule has 3 aromatic rings. The normalized spacial score (nSPS) is 11.0. The molecule has 0 saturated heterocycles. The fraction of sp³-hybridized carbons (Fsp3) is 0.0667. The Morgan fingerprint density at radius 1 is 1.00 bits per heavy atom. The van der Waals surface area contributed by atoms with Crippen molar-refractivity contribution in [3.63, 3.8) is 0 Å². The highest BCUT2D eigenvalue weighted by Gasteiger charge is 2.14. The Kier molecular flexibility index (Phi) is 3.78. The smallest absolute Gasteiger partial charge is 0.196 e. The second-order valence-electron chi connectivity index (χ2n) is 4.41. The standard InChI is InChI=1S/C15H9ClF3NS/c16-13-8-3-1-2-4-11(8)21-12(13)7-20-10-6-5-9(17)14(18)15(10)19/h1-6,20H,7H2. The highest BCUT2D eigenvalue weighted by molar-refractivity contribution is 7.19. The zero-order chi connectivity index (χ0) is 15.0. The van der Waals surface area contributed by atoms with Crippen LogP contribution in [0.2, 0.25) is 5.02 Å². The van der Waals surface area contributed by atoms with Gasteiger partial charge in [0.2, 0.25) is 0 Å². The minimum absolute atomic E-state index is 0.0950. The van der Waals surface area contributed by atoms with Crippen LogP contribution in [0.5, 0.6) is 0 Å². The Bertz CT molecular complexity index is 816. The first-order chi connectivity index (χ1) is 10.1. The number of benzene rings is 2. The van der Waals surface area contributed by atoms with Crippen LogP contribution in [0.4, 0.5) is 18.9 Å². The number of rotatable bonds is 3. The lowest BCUT2D eigenvalue weighted by molar-refractivity contribution is 0.449. The van der Waals surface area contributed by atoms with Crippen LogP contribution in [-0.4, -0.2) is 0 Å². The van der Waals surface area contributed by atoms with Gasteiger partial charge < -0.3 is 5.32 Å². The minimum Gasteiger partial charge on any atom is -0.378 e. The first kappa shape index (κ1) is 14.2. The Morgan fingerprint density at radius 2 is 1.76 bits per heavy atom. The van der Waals surface area contributed by atoms with E-state index >= 15 is 0 Å². The predicted molar refractivity (Wildman–Crippen MR) is 80.5 cm³/mol. The van der Waals surface area contributed by atoms with Crippen LogP contribution >= 0.6 is 22.9 Å². The summed E-state index contributed by atoms with van der Waals surface area (Å²) in [5, 5.41) is 4.26. The van der Waals surface area contributed by atoms with Crippen molar-refractivity contribution in [2.75, 3.05) is 5.32 Å². The lowest BCUT2D eigenvalue weighted by Crippen LogP contribution is -2.03. The van der Waals surface area contributed by atoms with Crippen LogP contribution in [0, 0.1) is 17.5 Å². The second kappa shape index (κ2) is 5.58. The van der Waals surface area contributed by atoms with Gasteiger partial charge in [-0.1, -0.05) is 29.8 Å². The van der Waals surface area contributed by atoms with Gasteiger partial charge in [0, 0.05) is 15.0 Å². The fourth-order valence-corrected chi connectivity index (χ4v) is 3.46. The van der Waals surface area contributed by atoms with E-state index in [2.05, 4.69) is 5.32 Å². The summed E-state index contributed by atoms with van der Waals surface area (Å²) in [6.45, 7) is 0.236. The van der Waals surface area contributed by atoms with E-state index in [9.17, 15) is 13.2 Å². The first-order valence-electron chi connectivity index (χ1n) is 6.11. The lowest BCUT2D eigenvalue weighted by Gasteiger charge is -2.07. The van der Waals surface area contributed by atoms with Gasteiger partial charge in [0.05, 0.1) is 17.3 Å². The molecule has 0 aliphatic heterocycles. The summed E-state index contributed by atoms with van der Waals surface area (Å²) in [7, 11) is 0. The van der Waals surface area contributed by atoms with E-state index in [0.717, 1.165) is 27.1 Å². The molecule has 1 nitrogen and oxygen atoms in total. The zero-order valence-electron chi connectivity index (χ0n) is 10.6. The van der Waals surface area contributed by atoms with E-state index in [4.69, 9.17) is 11.6 Å². The molecule has 0 aliphatic rings. The third-order valence-electron chi connectivity index (χ3n) is 3.08. The fourth-order valence-electron chi connectivity index (χ4n) is 2.02. The molecule has 0 saturated carbocycles. The maximum absolute atomic E-state index is 13.6. The number of fused-ring (bicyclic) bond motifs is 1. The highest BCUT2D eigenvalue weighted by Crippen LogP contribution is 2.35. The van der Waals surface area contributed by atoms with Gasteiger partial charge in [-0.3, -0.25) is 0 Å². The van der Waals surface area contributed by atoms with Crippen LogP contribution in [0.15, 0.2) is 36.4 Å². The Hall–Kier alpha value is -1.72. The Morgan fingerprint density at radius 3 is 2.52 bits per heavy atom. The number of anilines is 1. The van der Waals surface area contributed by atoms with Gasteiger partial charge in [0.15, 0.2) is 17.5 Å². The zero-order valence-corrected chi connectivity index (χ0v) is 12.2. The topological polar surface area (TPSA) is 12.0 Å². The van der Waals surface area contributed by atoms with E-state index in [1.165, 1.54) is 11.3 Å². The Labute approximate surface area is 128 Å². The van der Waals surface area contributed by atoms with Crippen molar-refractivity contribution in [2.24, 2.45) is 0 Å². The number of halogens is 4. The van der Waals surface area contributed by atoms with Crippen molar-refractivity contribution in [3.05, 3.63) is 63.7 Å². The van der Waals surface area contributed by atoms with Gasteiger partial charge in [0.1, 0.15) is 0 Å². The van der Waals surface area contributed by atoms with Gasteiger partial charge in [-0.15, -0.1) is 11.3 Å². The lowest BCUT2D eigenvalue weighted by atomic mass is 10.2. The molecule has 0 bridgehead atoms. The number of thiophene rings is 1. The number of hydrogen-bond donors (Lipinski definition) is 1. The van der Waals surface area contributed by atoms with Gasteiger partial charge in [-0.05, 0) is 18.2 Å². The molecular formula is C15H9ClF3NS. The third kappa shape index (κ3) is 2.59. The van der Waals surface area contributed by atoms with Crippen LogP contribution in [0.3, 0.4) is 0 Å². The molecule has 2 aromatic carbocycles. The third-order valence-corrected chi connectivity index (χ3v) is 4.79. The van der Waals surface area contributed by atoms with Crippen molar-refractivity contribution in [3.8, 4) is 0 Å². The average Bonchev–Trinajstić information content (AvgIpc) is 2.81. The molecule has 3 rings (SSSR count). The predicted octanol–water partition coefficient (Wildman–Crippen LogP) is 5.58. The summed E-state index contributed by atoms with van der Waals surface area (Å²) in [6.07, 6.45) is 0. The van der Waals surface area contributed by atoms with Gasteiger partial charge in [-0.2, -0.15) is 0 Å². The maximum Gasteiger partial charge on any atom is 0.196 e. The molecule has 6 heteroatoms. The second-order valence-corrected chi connectivity index (χ2v) is 5.93. The van der Waals surface area contributed by atoms with E-state index in [-0.39, 0.29) is 12.2 Å². The molecular weight excluding hydrogens is 319 g/mol. The van der Waals surface area contributed by atoms with Crippen LogP contribution in [0.1, 0.15) is 4.88 Å². The summed E-state index contributed by atoms with van der Waals surface area (Å²) in [5.41, 5.74) is -0.0950. The van der Waals surface area contributed by atoms with Crippen LogP contribution in [0.25, 0.3) is 10.1 Å². The number of nitrogens with one attached hydrogen (secondary N) is 1. The molecule has 108 valence electrons. The summed E-state index contributed by atoms with van der Waals surface area (Å²) in [4.78, 5) is 0.807. The SMILES string of the molecule is Fc1ccc(NCc2sc3ccccc3c2Cl)c(F)c1F. The van der Waals surface area contributed by atoms with Crippen molar-refractivity contribution >= 4 is 38.7 Å². The van der Waals surface area contributed by atoms with Crippen LogP contribution < -0.4 is 5.32 Å². The van der Waals surface area contributed by atoms with Crippen LogP contribution in [-0.2, 0) is 6.54 Å². The quantitative estimate of drug-likeness (QED) is 0.619. The van der Waals surface area contributed by atoms with Crippen molar-refractivity contribution in [1.82, 2.24) is 0 Å². The summed E-state index contributed by atoms with van der Waals surface area (Å²) >= 11 is 7.73. The molecule has 21 heavy (non-hydrogen) atoms. The number of hydrogen-bond acceptors (Lipinski definition) is 2. The first-order valence-corrected chi connectivity index (χ1v) is 7.30. The van der Waals surface area contributed by atoms with Gasteiger partial charge >= 0.3 is 0 Å². The summed E-state index contributed by atoms with van der Waals surface area (Å²) < 4.78 is 40.6. The molecule has 0 atom stereocenters. The molecule has 0 spiro atoms. The average molecular weight is 328 g/mol. The molecule has 1 N–H and O–H groups in total. The molecule has 0 unspecified atom stereocenters. The molecule has 0 fully saturated rings. The summed E-state index contributed by atoms with van der Waals surface area (Å²) in [5.74, 6) is -3.92. The molecule has 0 amide bonds. The summed E-state index contributed by atoms with van der Waals surface area (Å²) in [6, 6.07) is 9.67. The van der Waals surface area contributed by atoms with Crippen molar-refractivity contribution in [1.29, 1.82) is 0 Å². The van der Waals surface area contributed by atoms with Gasteiger partial charge in [0.25, 0.3) is 0 Å². The van der Waals surface area contributed by atoms with Gasteiger partial charge in [-0.25, -0.2) is 13.2 Å². The van der Waals surface area contributed by atoms with E-state index in [1.807, 2.05) is 24.3 Å². The molecule has 0 radical (unpaired) electrons. The van der Waals surface area contributed by atoms with Crippen molar-refractivity contribution < 1.29 is 13.2 Å². The molecule has 0 aliphatic carbocycles. The van der Waals surface area contributed by atoms with Crippen molar-refractivity contribution in [2.45, 2.75) is 6.54 Å². The maximum atomic E-state index is 13.6. The largest absolute Gasteiger partial charge is 0.378 e. The monoisotopic (exact) mass is 327 g/mol. The van der Waals surface area contributed by atoms with E-state index in [0.29, 0.717) is 5.02 Å². The minimum atomic E-state index is -1.48. The van der Waals surface area contributed by atoms with E-state index in [1.54, 1.807) is 0 Å². The van der Waals surface area contributed by atoms with E-state index < -0.39 is 17.5 Å². The molecule has 1 aromatic heterocycles. The highest BCUT2D eigenvalue weighted by atomic mass is 35.5.